The monoisotopic (exact) mass is 491 g/mol. The molecule has 2 bridgehead atoms. The highest BCUT2D eigenvalue weighted by Crippen LogP contribution is 2.58. The minimum Gasteiger partial charge on any atom is -0.423 e. The summed E-state index contributed by atoms with van der Waals surface area (Å²) in [5, 5.41) is 4.04. The van der Waals surface area contributed by atoms with Crippen LogP contribution in [0.5, 0.6) is 5.75 Å². The van der Waals surface area contributed by atoms with Gasteiger partial charge in [-0.15, -0.1) is 0 Å². The van der Waals surface area contributed by atoms with Gasteiger partial charge in [0.1, 0.15) is 5.75 Å². The molecule has 6 rings (SSSR count). The molecule has 4 saturated carbocycles. The van der Waals surface area contributed by atoms with Crippen molar-refractivity contribution in [2.45, 2.75) is 89.4 Å². The Morgan fingerprint density at radius 1 is 1.11 bits per heavy atom. The second kappa shape index (κ2) is 10.2. The fraction of sp³-hybridized carbons (Fsp3) is 0.586. The number of aromatic nitrogens is 2. The van der Waals surface area contributed by atoms with E-state index in [0.717, 1.165) is 81.9 Å². The maximum absolute atomic E-state index is 14.0. The van der Waals surface area contributed by atoms with Crippen LogP contribution in [-0.2, 0) is 15.0 Å². The van der Waals surface area contributed by atoms with E-state index in [1.807, 2.05) is 30.0 Å². The molecule has 1 aromatic heterocycles. The van der Waals surface area contributed by atoms with Crippen molar-refractivity contribution in [3.63, 3.8) is 0 Å². The molecular weight excluding hydrogens is 454 g/mol. The number of nitrogens with zero attached hydrogens (tertiary/aromatic N) is 3. The predicted molar refractivity (Wildman–Crippen MR) is 137 cm³/mol. The third kappa shape index (κ3) is 4.97. The summed E-state index contributed by atoms with van der Waals surface area (Å²) in [6.45, 7) is 6.06. The minimum absolute atomic E-state index is 0.0159. The zero-order valence-corrected chi connectivity index (χ0v) is 21.3. The van der Waals surface area contributed by atoms with Gasteiger partial charge in [0.25, 0.3) is 0 Å². The molecule has 0 unspecified atom stereocenters. The first-order chi connectivity index (χ1) is 17.4. The summed E-state index contributed by atoms with van der Waals surface area (Å²) < 4.78 is 11.0. The molecule has 0 atom stereocenters. The van der Waals surface area contributed by atoms with Gasteiger partial charge in [-0.25, -0.2) is 4.79 Å². The number of carbonyl (C=O) groups excluding carboxylic acids is 2. The molecular formula is C29H37N3O4. The molecule has 4 fully saturated rings. The normalized spacial score (nSPS) is 26.2. The molecule has 1 heterocycles. The Labute approximate surface area is 213 Å². The number of carbonyl (C=O) groups is 2. The van der Waals surface area contributed by atoms with Crippen molar-refractivity contribution in [3.8, 4) is 5.75 Å². The van der Waals surface area contributed by atoms with Crippen LogP contribution < -0.4 is 9.64 Å². The molecule has 7 heteroatoms. The first-order valence-corrected chi connectivity index (χ1v) is 13.5. The molecule has 1 amide bonds. The van der Waals surface area contributed by atoms with Gasteiger partial charge in [0, 0.05) is 35.7 Å². The maximum atomic E-state index is 14.0. The van der Waals surface area contributed by atoms with Crippen LogP contribution in [0.4, 0.5) is 5.69 Å². The summed E-state index contributed by atoms with van der Waals surface area (Å²) in [6.07, 6.45) is 13.8. The average Bonchev–Trinajstić information content (AvgIpc) is 3.18. The van der Waals surface area contributed by atoms with Crippen LogP contribution in [-0.4, -0.2) is 28.6 Å². The van der Waals surface area contributed by atoms with E-state index in [9.17, 15) is 9.59 Å². The van der Waals surface area contributed by atoms with Crippen molar-refractivity contribution in [2.75, 3.05) is 11.4 Å². The number of hydrogen-bond acceptors (Lipinski definition) is 6. The highest BCUT2D eigenvalue weighted by molar-refractivity contribution is 5.95. The van der Waals surface area contributed by atoms with Crippen molar-refractivity contribution in [2.24, 2.45) is 11.3 Å². The summed E-state index contributed by atoms with van der Waals surface area (Å²) in [7, 11) is 0. The van der Waals surface area contributed by atoms with Gasteiger partial charge in [0.15, 0.2) is 5.82 Å². The first-order valence-electron chi connectivity index (χ1n) is 13.5. The predicted octanol–water partition coefficient (Wildman–Crippen LogP) is 6.07. The fourth-order valence-corrected chi connectivity index (χ4v) is 6.59. The van der Waals surface area contributed by atoms with E-state index >= 15 is 0 Å². The van der Waals surface area contributed by atoms with E-state index in [1.165, 1.54) is 12.8 Å². The molecule has 2 aromatic rings. The molecule has 36 heavy (non-hydrogen) atoms. The number of fused-ring (bicyclic) bond motifs is 3. The van der Waals surface area contributed by atoms with Gasteiger partial charge in [0.05, 0.1) is 0 Å². The topological polar surface area (TPSA) is 85.5 Å². The van der Waals surface area contributed by atoms with Crippen LogP contribution in [0.3, 0.4) is 0 Å². The SMILES string of the molecule is C=CC(=O)Oc1cccc(N(CC23CCC(c4nc(C)no4)(CC2)CC3)C(=O)C2CCCCCC2)c1. The summed E-state index contributed by atoms with van der Waals surface area (Å²) in [6, 6.07) is 7.40. The molecule has 0 aliphatic heterocycles. The van der Waals surface area contributed by atoms with Crippen molar-refractivity contribution in [1.82, 2.24) is 10.1 Å². The van der Waals surface area contributed by atoms with Crippen molar-refractivity contribution in [3.05, 3.63) is 48.6 Å². The number of rotatable bonds is 7. The van der Waals surface area contributed by atoms with Crippen LogP contribution in [0.2, 0.25) is 0 Å². The summed E-state index contributed by atoms with van der Waals surface area (Å²) in [4.78, 5) is 32.4. The average molecular weight is 492 g/mol. The van der Waals surface area contributed by atoms with E-state index in [2.05, 4.69) is 16.7 Å². The Morgan fingerprint density at radius 2 is 1.81 bits per heavy atom. The second-order valence-electron chi connectivity index (χ2n) is 11.2. The Bertz CT molecular complexity index is 1090. The molecule has 0 spiro atoms. The van der Waals surface area contributed by atoms with Gasteiger partial charge in [-0.05, 0) is 75.8 Å². The molecule has 0 saturated heterocycles. The standard InChI is InChI=1S/C29H37N3O4/c1-3-25(33)35-24-12-8-11-23(19-24)32(26(34)22-9-6-4-5-7-10-22)20-28-13-16-29(17-14-28,18-15-28)27-30-21(2)31-36-27/h3,8,11-12,19,22H,1,4-7,9-10,13-18,20H2,2H3. The van der Waals surface area contributed by atoms with Gasteiger partial charge in [0.2, 0.25) is 11.8 Å². The number of esters is 1. The third-order valence-electron chi connectivity index (χ3n) is 8.86. The van der Waals surface area contributed by atoms with E-state index < -0.39 is 5.97 Å². The number of ether oxygens (including phenoxy) is 1. The number of aryl methyl sites for hydroxylation is 1. The van der Waals surface area contributed by atoms with Crippen LogP contribution in [0.1, 0.15) is 88.8 Å². The second-order valence-corrected chi connectivity index (χ2v) is 11.2. The van der Waals surface area contributed by atoms with Crippen LogP contribution in [0.15, 0.2) is 41.4 Å². The molecule has 4 aliphatic rings. The lowest BCUT2D eigenvalue weighted by Crippen LogP contribution is -2.51. The molecule has 0 radical (unpaired) electrons. The van der Waals surface area contributed by atoms with Gasteiger partial charge in [-0.1, -0.05) is 43.5 Å². The highest BCUT2D eigenvalue weighted by Gasteiger charge is 2.53. The third-order valence-corrected chi connectivity index (χ3v) is 8.86. The summed E-state index contributed by atoms with van der Waals surface area (Å²) in [5.41, 5.74) is 0.867. The fourth-order valence-electron chi connectivity index (χ4n) is 6.59. The van der Waals surface area contributed by atoms with Crippen molar-refractivity contribution in [1.29, 1.82) is 0 Å². The number of amides is 1. The Kier molecular flexibility index (Phi) is 7.00. The maximum Gasteiger partial charge on any atom is 0.335 e. The molecule has 192 valence electrons. The van der Waals surface area contributed by atoms with E-state index in [4.69, 9.17) is 9.26 Å². The number of anilines is 1. The number of hydrogen-bond donors (Lipinski definition) is 0. The minimum atomic E-state index is -0.500. The lowest BCUT2D eigenvalue weighted by atomic mass is 9.53. The largest absolute Gasteiger partial charge is 0.423 e. The highest BCUT2D eigenvalue weighted by atomic mass is 16.5. The molecule has 0 N–H and O–H groups in total. The van der Waals surface area contributed by atoms with Gasteiger partial charge < -0.3 is 14.2 Å². The van der Waals surface area contributed by atoms with Crippen molar-refractivity contribution >= 4 is 17.6 Å². The van der Waals surface area contributed by atoms with Gasteiger partial charge in [-0.2, -0.15) is 4.98 Å². The number of benzene rings is 1. The Balaban J connectivity index is 1.40. The van der Waals surface area contributed by atoms with Gasteiger partial charge in [-0.3, -0.25) is 4.79 Å². The summed E-state index contributed by atoms with van der Waals surface area (Å²) in [5.74, 6) is 1.69. The van der Waals surface area contributed by atoms with Crippen LogP contribution >= 0.6 is 0 Å². The quantitative estimate of drug-likeness (QED) is 0.202. The molecule has 4 aliphatic carbocycles. The molecule has 7 nitrogen and oxygen atoms in total. The smallest absolute Gasteiger partial charge is 0.335 e. The van der Waals surface area contributed by atoms with Crippen LogP contribution in [0, 0.1) is 18.3 Å². The van der Waals surface area contributed by atoms with E-state index in [1.54, 1.807) is 6.07 Å². The Hall–Kier alpha value is -2.96. The van der Waals surface area contributed by atoms with Gasteiger partial charge >= 0.3 is 5.97 Å². The zero-order valence-electron chi connectivity index (χ0n) is 21.3. The first kappa shape index (κ1) is 24.7. The Morgan fingerprint density at radius 3 is 2.42 bits per heavy atom. The lowest BCUT2D eigenvalue weighted by molar-refractivity contribution is -0.129. The zero-order chi connectivity index (χ0) is 25.2. The van der Waals surface area contributed by atoms with E-state index in [0.29, 0.717) is 18.1 Å². The summed E-state index contributed by atoms with van der Waals surface area (Å²) >= 11 is 0. The molecule has 1 aromatic carbocycles. The van der Waals surface area contributed by atoms with Crippen LogP contribution in [0.25, 0.3) is 0 Å². The lowest BCUT2D eigenvalue weighted by Gasteiger charge is -2.53. The van der Waals surface area contributed by atoms with E-state index in [-0.39, 0.29) is 22.7 Å². The van der Waals surface area contributed by atoms with Crippen molar-refractivity contribution < 1.29 is 18.8 Å².